The van der Waals surface area contributed by atoms with Gasteiger partial charge >= 0.3 is 0 Å². The average molecular weight is 188 g/mol. The Balaban J connectivity index is 2.20. The van der Waals surface area contributed by atoms with Crippen LogP contribution in [0.2, 0.25) is 0 Å². The van der Waals surface area contributed by atoms with Crippen molar-refractivity contribution >= 4 is 10.9 Å². The van der Waals surface area contributed by atoms with Crippen LogP contribution in [0.5, 0.6) is 0 Å². The molecule has 3 heteroatoms. The van der Waals surface area contributed by atoms with E-state index in [-0.39, 0.29) is 0 Å². The zero-order chi connectivity index (χ0) is 9.54. The molecule has 0 amide bonds. The van der Waals surface area contributed by atoms with E-state index < -0.39 is 0 Å². The highest BCUT2D eigenvalue weighted by atomic mass is 16.5. The molecule has 1 saturated carbocycles. The van der Waals surface area contributed by atoms with Gasteiger partial charge in [-0.2, -0.15) is 0 Å². The summed E-state index contributed by atoms with van der Waals surface area (Å²) in [7, 11) is 0. The number of nitrogens with two attached hydrogens (primary N) is 1. The maximum atomic E-state index is 5.60. The predicted molar refractivity (Wildman–Crippen MR) is 53.9 cm³/mol. The molecule has 2 aromatic rings. The lowest BCUT2D eigenvalue weighted by molar-refractivity contribution is 0.392. The van der Waals surface area contributed by atoms with Crippen LogP contribution in [-0.2, 0) is 6.54 Å². The fraction of sp³-hybridized carbons (Fsp3) is 0.364. The maximum Gasteiger partial charge on any atom is 0.147 e. The Kier molecular flexibility index (Phi) is 1.61. The Morgan fingerprint density at radius 1 is 1.43 bits per heavy atom. The van der Waals surface area contributed by atoms with Gasteiger partial charge in [-0.1, -0.05) is 11.2 Å². The van der Waals surface area contributed by atoms with E-state index in [1.54, 1.807) is 0 Å². The van der Waals surface area contributed by atoms with Crippen molar-refractivity contribution in [1.82, 2.24) is 5.16 Å². The second-order valence-corrected chi connectivity index (χ2v) is 3.88. The van der Waals surface area contributed by atoms with Gasteiger partial charge in [-0.15, -0.1) is 0 Å². The first kappa shape index (κ1) is 8.00. The third-order valence-electron chi connectivity index (χ3n) is 2.75. The van der Waals surface area contributed by atoms with Gasteiger partial charge in [0.25, 0.3) is 0 Å². The molecule has 0 saturated heterocycles. The Bertz CT molecular complexity index is 471. The van der Waals surface area contributed by atoms with Gasteiger partial charge in [-0.3, -0.25) is 0 Å². The van der Waals surface area contributed by atoms with E-state index in [0.717, 1.165) is 22.2 Å². The summed E-state index contributed by atoms with van der Waals surface area (Å²) in [5.41, 5.74) is 7.69. The predicted octanol–water partition coefficient (Wildman–Crippen LogP) is 2.16. The number of fused-ring (bicyclic) bond motifs is 1. The van der Waals surface area contributed by atoms with Crippen LogP contribution >= 0.6 is 0 Å². The topological polar surface area (TPSA) is 52.0 Å². The van der Waals surface area contributed by atoms with Gasteiger partial charge < -0.3 is 10.3 Å². The molecule has 1 aromatic carbocycles. The van der Waals surface area contributed by atoms with Crippen molar-refractivity contribution in [2.75, 3.05) is 0 Å². The lowest BCUT2D eigenvalue weighted by Gasteiger charge is -1.95. The van der Waals surface area contributed by atoms with Crippen LogP contribution in [-0.4, -0.2) is 5.16 Å². The van der Waals surface area contributed by atoms with Crippen LogP contribution < -0.4 is 5.73 Å². The summed E-state index contributed by atoms with van der Waals surface area (Å²) >= 11 is 0. The zero-order valence-electron chi connectivity index (χ0n) is 7.86. The van der Waals surface area contributed by atoms with Gasteiger partial charge in [0.1, 0.15) is 11.3 Å². The van der Waals surface area contributed by atoms with Crippen molar-refractivity contribution in [3.8, 4) is 0 Å². The quantitative estimate of drug-likeness (QED) is 0.785. The molecule has 72 valence electrons. The molecule has 1 aliphatic carbocycles. The first-order valence-corrected chi connectivity index (χ1v) is 4.97. The minimum atomic E-state index is 0.575. The highest BCUT2D eigenvalue weighted by Gasteiger charge is 2.29. The Hall–Kier alpha value is -1.35. The highest BCUT2D eigenvalue weighted by molar-refractivity contribution is 5.82. The van der Waals surface area contributed by atoms with Gasteiger partial charge in [0.15, 0.2) is 0 Å². The minimum Gasteiger partial charge on any atom is -0.360 e. The molecule has 0 unspecified atom stereocenters. The van der Waals surface area contributed by atoms with Gasteiger partial charge in [-0.05, 0) is 30.5 Å². The largest absolute Gasteiger partial charge is 0.360 e. The highest BCUT2D eigenvalue weighted by Crippen LogP contribution is 2.43. The number of benzene rings is 1. The fourth-order valence-corrected chi connectivity index (χ4v) is 1.77. The number of hydrogen-bond acceptors (Lipinski definition) is 3. The average Bonchev–Trinajstić information content (AvgIpc) is 2.98. The molecular weight excluding hydrogens is 176 g/mol. The van der Waals surface area contributed by atoms with Crippen LogP contribution in [0.3, 0.4) is 0 Å². The van der Waals surface area contributed by atoms with Crippen LogP contribution in [0.15, 0.2) is 22.7 Å². The molecule has 0 spiro atoms. The number of rotatable bonds is 2. The molecule has 1 fully saturated rings. The van der Waals surface area contributed by atoms with Crippen molar-refractivity contribution in [2.24, 2.45) is 5.73 Å². The zero-order valence-corrected chi connectivity index (χ0v) is 7.86. The summed E-state index contributed by atoms with van der Waals surface area (Å²) in [6, 6.07) is 6.08. The third kappa shape index (κ3) is 1.13. The molecule has 1 aliphatic rings. The molecule has 3 nitrogen and oxygen atoms in total. The van der Waals surface area contributed by atoms with E-state index in [0.29, 0.717) is 12.5 Å². The smallest absolute Gasteiger partial charge is 0.147 e. The fourth-order valence-electron chi connectivity index (χ4n) is 1.77. The van der Waals surface area contributed by atoms with Crippen molar-refractivity contribution in [3.05, 3.63) is 29.5 Å². The number of hydrogen-bond donors (Lipinski definition) is 1. The standard InChI is InChI=1S/C11H12N2O/c12-6-7-1-4-10-9(5-7)11(14-13-10)8-2-3-8/h1,4-5,8H,2-3,6,12H2. The van der Waals surface area contributed by atoms with Crippen molar-refractivity contribution < 1.29 is 4.52 Å². The molecular formula is C11H12N2O. The van der Waals surface area contributed by atoms with Crippen molar-refractivity contribution in [1.29, 1.82) is 0 Å². The lowest BCUT2D eigenvalue weighted by Crippen LogP contribution is -1.95. The SMILES string of the molecule is NCc1ccc2noc(C3CC3)c2c1. The maximum absolute atomic E-state index is 5.60. The summed E-state index contributed by atoms with van der Waals surface area (Å²) in [5.74, 6) is 1.66. The van der Waals surface area contributed by atoms with E-state index >= 15 is 0 Å². The Labute approximate surface area is 81.9 Å². The monoisotopic (exact) mass is 188 g/mol. The van der Waals surface area contributed by atoms with Gasteiger partial charge in [0, 0.05) is 17.8 Å². The summed E-state index contributed by atoms with van der Waals surface area (Å²) < 4.78 is 5.35. The van der Waals surface area contributed by atoms with E-state index in [1.807, 2.05) is 12.1 Å². The second kappa shape index (κ2) is 2.82. The summed E-state index contributed by atoms with van der Waals surface area (Å²) in [6.45, 7) is 0.575. The van der Waals surface area contributed by atoms with Gasteiger partial charge in [0.2, 0.25) is 0 Å². The molecule has 0 radical (unpaired) electrons. The number of aromatic nitrogens is 1. The van der Waals surface area contributed by atoms with Crippen molar-refractivity contribution in [2.45, 2.75) is 25.3 Å². The number of nitrogens with zero attached hydrogens (tertiary/aromatic N) is 1. The Morgan fingerprint density at radius 2 is 2.29 bits per heavy atom. The normalized spacial score (nSPS) is 16.4. The van der Waals surface area contributed by atoms with Crippen LogP contribution in [0, 0.1) is 0 Å². The minimum absolute atomic E-state index is 0.575. The second-order valence-electron chi connectivity index (χ2n) is 3.88. The molecule has 1 aromatic heterocycles. The summed E-state index contributed by atoms with van der Waals surface area (Å²) in [4.78, 5) is 0. The van der Waals surface area contributed by atoms with Crippen LogP contribution in [0.4, 0.5) is 0 Å². The van der Waals surface area contributed by atoms with Crippen LogP contribution in [0.1, 0.15) is 30.1 Å². The third-order valence-corrected chi connectivity index (χ3v) is 2.75. The molecule has 2 N–H and O–H groups in total. The lowest BCUT2D eigenvalue weighted by atomic mass is 10.1. The van der Waals surface area contributed by atoms with Crippen LogP contribution in [0.25, 0.3) is 10.9 Å². The first-order valence-electron chi connectivity index (χ1n) is 4.97. The molecule has 0 atom stereocenters. The molecule has 1 heterocycles. The van der Waals surface area contributed by atoms with E-state index in [4.69, 9.17) is 10.3 Å². The van der Waals surface area contributed by atoms with E-state index in [9.17, 15) is 0 Å². The van der Waals surface area contributed by atoms with Gasteiger partial charge in [0.05, 0.1) is 0 Å². The Morgan fingerprint density at radius 3 is 3.00 bits per heavy atom. The van der Waals surface area contributed by atoms with Gasteiger partial charge in [-0.25, -0.2) is 0 Å². The summed E-state index contributed by atoms with van der Waals surface area (Å²) in [5, 5.41) is 5.19. The van der Waals surface area contributed by atoms with Crippen molar-refractivity contribution in [3.63, 3.8) is 0 Å². The first-order chi connectivity index (χ1) is 6.88. The van der Waals surface area contributed by atoms with E-state index in [2.05, 4.69) is 11.2 Å². The molecule has 0 bridgehead atoms. The molecule has 3 rings (SSSR count). The summed E-state index contributed by atoms with van der Waals surface area (Å²) in [6.07, 6.45) is 2.47. The molecule has 0 aliphatic heterocycles. The molecule has 14 heavy (non-hydrogen) atoms. The van der Waals surface area contributed by atoms with E-state index in [1.165, 1.54) is 12.8 Å².